The van der Waals surface area contributed by atoms with Crippen LogP contribution in [0.25, 0.3) is 0 Å². The van der Waals surface area contributed by atoms with Gasteiger partial charge in [0.05, 0.1) is 6.10 Å². The maximum atomic E-state index is 5.62. The Bertz CT molecular complexity index is 108. The SMILES string of the molecule is C=CCCCCOC(C)C(C)C. The van der Waals surface area contributed by atoms with E-state index < -0.39 is 0 Å². The van der Waals surface area contributed by atoms with Crippen molar-refractivity contribution in [1.29, 1.82) is 0 Å². The van der Waals surface area contributed by atoms with Crippen LogP contribution in [0.15, 0.2) is 12.7 Å². The molecule has 1 heteroatoms. The third-order valence-corrected chi connectivity index (χ3v) is 2.12. The minimum absolute atomic E-state index is 0.397. The monoisotopic (exact) mass is 170 g/mol. The smallest absolute Gasteiger partial charge is 0.0569 e. The largest absolute Gasteiger partial charge is 0.378 e. The molecule has 0 saturated heterocycles. The summed E-state index contributed by atoms with van der Waals surface area (Å²) in [7, 11) is 0. The van der Waals surface area contributed by atoms with Gasteiger partial charge in [-0.05, 0) is 32.1 Å². The first kappa shape index (κ1) is 11.7. The molecule has 0 fully saturated rings. The molecule has 0 saturated carbocycles. The van der Waals surface area contributed by atoms with E-state index in [1.54, 1.807) is 0 Å². The number of hydrogen-bond donors (Lipinski definition) is 0. The summed E-state index contributed by atoms with van der Waals surface area (Å²) in [4.78, 5) is 0. The average Bonchev–Trinajstić information content (AvgIpc) is 2.03. The molecule has 0 aromatic heterocycles. The lowest BCUT2D eigenvalue weighted by Gasteiger charge is -2.16. The Balaban J connectivity index is 3.13. The van der Waals surface area contributed by atoms with E-state index in [1.807, 2.05) is 6.08 Å². The van der Waals surface area contributed by atoms with Crippen LogP contribution in [-0.2, 0) is 4.74 Å². The Labute approximate surface area is 76.8 Å². The van der Waals surface area contributed by atoms with Crippen molar-refractivity contribution in [3.63, 3.8) is 0 Å². The Morgan fingerprint density at radius 3 is 2.42 bits per heavy atom. The molecule has 72 valence electrons. The zero-order valence-electron chi connectivity index (χ0n) is 8.68. The molecule has 0 aromatic rings. The molecule has 0 rings (SSSR count). The maximum absolute atomic E-state index is 5.62. The lowest BCUT2D eigenvalue weighted by Crippen LogP contribution is -2.15. The third kappa shape index (κ3) is 6.41. The molecule has 0 radical (unpaired) electrons. The Kier molecular flexibility index (Phi) is 7.17. The van der Waals surface area contributed by atoms with Crippen LogP contribution in [0.3, 0.4) is 0 Å². The van der Waals surface area contributed by atoms with Crippen molar-refractivity contribution in [2.45, 2.75) is 46.1 Å². The van der Waals surface area contributed by atoms with Gasteiger partial charge in [0, 0.05) is 6.61 Å². The number of allylic oxidation sites excluding steroid dienone is 1. The molecule has 0 bridgehead atoms. The summed E-state index contributed by atoms with van der Waals surface area (Å²) in [5.41, 5.74) is 0. The lowest BCUT2D eigenvalue weighted by atomic mass is 10.1. The second kappa shape index (κ2) is 7.35. The molecular formula is C11H22O. The zero-order chi connectivity index (χ0) is 9.40. The van der Waals surface area contributed by atoms with E-state index >= 15 is 0 Å². The van der Waals surface area contributed by atoms with Gasteiger partial charge in [0.15, 0.2) is 0 Å². The molecule has 0 aromatic carbocycles. The Morgan fingerprint density at radius 1 is 1.25 bits per heavy atom. The van der Waals surface area contributed by atoms with Gasteiger partial charge in [0.25, 0.3) is 0 Å². The summed E-state index contributed by atoms with van der Waals surface area (Å²) in [5.74, 6) is 0.629. The topological polar surface area (TPSA) is 9.23 Å². The molecule has 1 atom stereocenters. The highest BCUT2D eigenvalue weighted by Crippen LogP contribution is 2.06. The van der Waals surface area contributed by atoms with Crippen molar-refractivity contribution in [2.24, 2.45) is 5.92 Å². The van der Waals surface area contributed by atoms with Gasteiger partial charge < -0.3 is 4.74 Å². The van der Waals surface area contributed by atoms with Crippen LogP contribution in [0.4, 0.5) is 0 Å². The van der Waals surface area contributed by atoms with Crippen molar-refractivity contribution >= 4 is 0 Å². The van der Waals surface area contributed by atoms with Crippen LogP contribution in [0, 0.1) is 5.92 Å². The molecule has 12 heavy (non-hydrogen) atoms. The third-order valence-electron chi connectivity index (χ3n) is 2.12. The van der Waals surface area contributed by atoms with Crippen LogP contribution >= 0.6 is 0 Å². The summed E-state index contributed by atoms with van der Waals surface area (Å²) in [6.07, 6.45) is 5.83. The van der Waals surface area contributed by atoms with E-state index in [0.29, 0.717) is 12.0 Å². The first-order chi connectivity index (χ1) is 5.68. The van der Waals surface area contributed by atoms with E-state index in [2.05, 4.69) is 27.4 Å². The van der Waals surface area contributed by atoms with E-state index in [0.717, 1.165) is 19.4 Å². The molecule has 0 aliphatic heterocycles. The van der Waals surface area contributed by atoms with Gasteiger partial charge in [0.1, 0.15) is 0 Å². The highest BCUT2D eigenvalue weighted by Gasteiger charge is 2.05. The first-order valence-electron chi connectivity index (χ1n) is 4.91. The summed E-state index contributed by atoms with van der Waals surface area (Å²) < 4.78 is 5.62. The second-order valence-electron chi connectivity index (χ2n) is 3.60. The summed E-state index contributed by atoms with van der Waals surface area (Å²) in [6.45, 7) is 11.1. The minimum Gasteiger partial charge on any atom is -0.378 e. The van der Waals surface area contributed by atoms with Crippen LogP contribution in [0.5, 0.6) is 0 Å². The van der Waals surface area contributed by atoms with Gasteiger partial charge >= 0.3 is 0 Å². The molecule has 0 aliphatic rings. The molecule has 1 nitrogen and oxygen atoms in total. The van der Waals surface area contributed by atoms with Gasteiger partial charge in [0.2, 0.25) is 0 Å². The van der Waals surface area contributed by atoms with E-state index in [-0.39, 0.29) is 0 Å². The highest BCUT2D eigenvalue weighted by atomic mass is 16.5. The number of unbranched alkanes of at least 4 members (excludes halogenated alkanes) is 2. The van der Waals surface area contributed by atoms with Crippen molar-refractivity contribution in [2.75, 3.05) is 6.61 Å². The number of ether oxygens (including phenoxy) is 1. The average molecular weight is 170 g/mol. The fourth-order valence-corrected chi connectivity index (χ4v) is 0.852. The van der Waals surface area contributed by atoms with Gasteiger partial charge in [-0.15, -0.1) is 6.58 Å². The van der Waals surface area contributed by atoms with Gasteiger partial charge in [-0.25, -0.2) is 0 Å². The first-order valence-corrected chi connectivity index (χ1v) is 4.91. The van der Waals surface area contributed by atoms with Crippen molar-refractivity contribution in [3.8, 4) is 0 Å². The molecule has 0 aliphatic carbocycles. The standard InChI is InChI=1S/C11H22O/c1-5-6-7-8-9-12-11(4)10(2)3/h5,10-11H,1,6-9H2,2-4H3. The number of hydrogen-bond acceptors (Lipinski definition) is 1. The fourth-order valence-electron chi connectivity index (χ4n) is 0.852. The van der Waals surface area contributed by atoms with E-state index in [4.69, 9.17) is 4.74 Å². The maximum Gasteiger partial charge on any atom is 0.0569 e. The van der Waals surface area contributed by atoms with Gasteiger partial charge in [-0.3, -0.25) is 0 Å². The van der Waals surface area contributed by atoms with Crippen LogP contribution in [0.1, 0.15) is 40.0 Å². The molecule has 0 spiro atoms. The fraction of sp³-hybridized carbons (Fsp3) is 0.818. The summed E-state index contributed by atoms with van der Waals surface area (Å²) in [5, 5.41) is 0. The lowest BCUT2D eigenvalue weighted by molar-refractivity contribution is 0.0335. The highest BCUT2D eigenvalue weighted by molar-refractivity contribution is 4.65. The Hall–Kier alpha value is -0.300. The Morgan fingerprint density at radius 2 is 1.92 bits per heavy atom. The zero-order valence-corrected chi connectivity index (χ0v) is 8.68. The quantitative estimate of drug-likeness (QED) is 0.420. The van der Waals surface area contributed by atoms with Crippen molar-refractivity contribution in [3.05, 3.63) is 12.7 Å². The van der Waals surface area contributed by atoms with Crippen LogP contribution in [-0.4, -0.2) is 12.7 Å². The van der Waals surface area contributed by atoms with Crippen LogP contribution in [0.2, 0.25) is 0 Å². The normalized spacial score (nSPS) is 13.3. The predicted octanol–water partition coefficient (Wildman–Crippen LogP) is 3.40. The van der Waals surface area contributed by atoms with Crippen LogP contribution < -0.4 is 0 Å². The molecule has 0 N–H and O–H groups in total. The molecule has 0 amide bonds. The summed E-state index contributed by atoms with van der Waals surface area (Å²) in [6, 6.07) is 0. The van der Waals surface area contributed by atoms with Gasteiger partial charge in [-0.1, -0.05) is 19.9 Å². The van der Waals surface area contributed by atoms with Crippen molar-refractivity contribution < 1.29 is 4.74 Å². The second-order valence-corrected chi connectivity index (χ2v) is 3.60. The van der Waals surface area contributed by atoms with Gasteiger partial charge in [-0.2, -0.15) is 0 Å². The summed E-state index contributed by atoms with van der Waals surface area (Å²) >= 11 is 0. The minimum atomic E-state index is 0.397. The molecule has 1 unspecified atom stereocenters. The predicted molar refractivity (Wildman–Crippen MR) is 54.3 cm³/mol. The number of rotatable bonds is 7. The molecular weight excluding hydrogens is 148 g/mol. The van der Waals surface area contributed by atoms with E-state index in [9.17, 15) is 0 Å². The van der Waals surface area contributed by atoms with Crippen molar-refractivity contribution in [1.82, 2.24) is 0 Å². The van der Waals surface area contributed by atoms with E-state index in [1.165, 1.54) is 6.42 Å². The molecule has 0 heterocycles.